The molecule has 2 aromatic carbocycles. The molecule has 0 fully saturated rings. The summed E-state index contributed by atoms with van der Waals surface area (Å²) in [6, 6.07) is 16.9. The molecular formula is C23H24N5O2+. The van der Waals surface area contributed by atoms with Crippen molar-refractivity contribution < 1.29 is 14.5 Å². The van der Waals surface area contributed by atoms with Crippen LogP contribution in [0.3, 0.4) is 0 Å². The number of nitrogens with zero attached hydrogens (tertiary/aromatic N) is 4. The molecule has 1 unspecified atom stereocenters. The normalized spacial score (nSPS) is 19.1. The van der Waals surface area contributed by atoms with E-state index >= 15 is 0 Å². The van der Waals surface area contributed by atoms with Crippen molar-refractivity contribution >= 4 is 18.1 Å². The van der Waals surface area contributed by atoms with E-state index < -0.39 is 11.4 Å². The molecule has 0 aromatic heterocycles. The molecule has 1 aliphatic heterocycles. The fraction of sp³-hybridized carbons (Fsp3) is 0.217. The fourth-order valence-corrected chi connectivity index (χ4v) is 3.35. The largest absolute Gasteiger partial charge is 0.508 e. The number of aliphatic imine (C=N–C) groups is 1. The number of likely N-dealkylation sites (N-methyl/N-ethyl adjacent to an activating group) is 1. The predicted octanol–water partition coefficient (Wildman–Crippen LogP) is 2.38. The van der Waals surface area contributed by atoms with Gasteiger partial charge in [-0.1, -0.05) is 30.3 Å². The van der Waals surface area contributed by atoms with Crippen molar-refractivity contribution in [1.29, 1.82) is 5.26 Å². The number of carbonyl (C=O) groups is 1. The lowest BCUT2D eigenvalue weighted by atomic mass is 9.86. The molecule has 0 radical (unpaired) electrons. The van der Waals surface area contributed by atoms with Gasteiger partial charge in [-0.25, -0.2) is 9.57 Å². The smallest absolute Gasteiger partial charge is 0.269 e. The van der Waals surface area contributed by atoms with Crippen LogP contribution in [0.5, 0.6) is 0 Å². The molecule has 0 aliphatic carbocycles. The van der Waals surface area contributed by atoms with Crippen LogP contribution < -0.4 is 5.73 Å². The van der Waals surface area contributed by atoms with Crippen LogP contribution in [0.4, 0.5) is 0 Å². The summed E-state index contributed by atoms with van der Waals surface area (Å²) in [5.41, 5.74) is 7.86. The van der Waals surface area contributed by atoms with Crippen LogP contribution in [-0.4, -0.2) is 53.8 Å². The van der Waals surface area contributed by atoms with E-state index in [0.29, 0.717) is 11.1 Å². The van der Waals surface area contributed by atoms with Crippen LogP contribution in [0.25, 0.3) is 11.1 Å². The molecule has 2 aromatic rings. The Morgan fingerprint density at radius 1 is 1.20 bits per heavy atom. The third-order valence-electron chi connectivity index (χ3n) is 5.07. The number of benzene rings is 2. The van der Waals surface area contributed by atoms with Crippen molar-refractivity contribution in [1.82, 2.24) is 4.90 Å². The van der Waals surface area contributed by atoms with Crippen molar-refractivity contribution in [2.24, 2.45) is 10.7 Å². The number of carbonyl (C=O) groups excluding carboxylic acids is 1. The van der Waals surface area contributed by atoms with Crippen LogP contribution >= 0.6 is 0 Å². The summed E-state index contributed by atoms with van der Waals surface area (Å²) in [5.74, 6) is -0.617. The lowest BCUT2D eigenvalue weighted by Gasteiger charge is -2.25. The van der Waals surface area contributed by atoms with Crippen molar-refractivity contribution in [3.05, 3.63) is 71.0 Å². The first kappa shape index (κ1) is 20.8. The summed E-state index contributed by atoms with van der Waals surface area (Å²) < 4.78 is 1.68. The Hall–Kier alpha value is -3.92. The molecule has 1 amide bonds. The number of aliphatic hydroxyl groups excluding tert-OH is 1. The number of aliphatic hydroxyl groups is 1. The van der Waals surface area contributed by atoms with Gasteiger partial charge in [0.2, 0.25) is 0 Å². The zero-order chi connectivity index (χ0) is 22.1. The molecule has 3 rings (SSSR count). The minimum Gasteiger partial charge on any atom is -0.508 e. The monoisotopic (exact) mass is 402 g/mol. The lowest BCUT2D eigenvalue weighted by molar-refractivity contribution is -0.458. The van der Waals surface area contributed by atoms with E-state index in [1.165, 1.54) is 11.9 Å². The summed E-state index contributed by atoms with van der Waals surface area (Å²) in [4.78, 5) is 18.6. The lowest BCUT2D eigenvalue weighted by Crippen LogP contribution is -2.39. The minimum atomic E-state index is -1.27. The molecule has 30 heavy (non-hydrogen) atoms. The van der Waals surface area contributed by atoms with Gasteiger partial charge in [-0.3, -0.25) is 9.69 Å². The average Bonchev–Trinajstić information content (AvgIpc) is 2.80. The zero-order valence-electron chi connectivity index (χ0n) is 17.4. The first-order valence-corrected chi connectivity index (χ1v) is 9.37. The molecule has 1 heterocycles. The summed E-state index contributed by atoms with van der Waals surface area (Å²) in [6.07, 6.45) is 1.56. The van der Waals surface area contributed by atoms with Crippen LogP contribution in [0.2, 0.25) is 0 Å². The van der Waals surface area contributed by atoms with Gasteiger partial charge in [0, 0.05) is 7.05 Å². The number of rotatable bonds is 3. The van der Waals surface area contributed by atoms with Crippen molar-refractivity contribution in [3.8, 4) is 17.2 Å². The highest BCUT2D eigenvalue weighted by Crippen LogP contribution is 2.37. The van der Waals surface area contributed by atoms with Crippen molar-refractivity contribution in [3.63, 3.8) is 0 Å². The van der Waals surface area contributed by atoms with Gasteiger partial charge in [-0.15, -0.1) is 0 Å². The Morgan fingerprint density at radius 3 is 2.47 bits per heavy atom. The average molecular weight is 402 g/mol. The SMILES string of the molecule is CN1C(=O)C(C=[N+](C)C)=C(O)C(C)(c2cccc(-c3cccc(C#N)c3)c2)N=C1N. The van der Waals surface area contributed by atoms with Crippen molar-refractivity contribution in [2.75, 3.05) is 21.1 Å². The maximum Gasteiger partial charge on any atom is 0.269 e. The Morgan fingerprint density at radius 2 is 1.83 bits per heavy atom. The van der Waals surface area contributed by atoms with Crippen LogP contribution in [-0.2, 0) is 10.3 Å². The topological polar surface area (TPSA) is 106 Å². The molecular weight excluding hydrogens is 378 g/mol. The van der Waals surface area contributed by atoms with Gasteiger partial charge in [0.1, 0.15) is 31.0 Å². The van der Waals surface area contributed by atoms with Gasteiger partial charge >= 0.3 is 0 Å². The van der Waals surface area contributed by atoms with Gasteiger partial charge < -0.3 is 10.8 Å². The van der Waals surface area contributed by atoms with Gasteiger partial charge in [0.05, 0.1) is 11.6 Å². The van der Waals surface area contributed by atoms with E-state index in [2.05, 4.69) is 11.1 Å². The van der Waals surface area contributed by atoms with Crippen LogP contribution in [0.1, 0.15) is 18.1 Å². The summed E-state index contributed by atoms with van der Waals surface area (Å²) in [6.45, 7) is 1.72. The highest BCUT2D eigenvalue weighted by molar-refractivity contribution is 6.17. The molecule has 0 spiro atoms. The van der Waals surface area contributed by atoms with E-state index in [1.807, 2.05) is 36.4 Å². The van der Waals surface area contributed by atoms with E-state index in [1.54, 1.807) is 43.9 Å². The van der Waals surface area contributed by atoms with Gasteiger partial charge in [-0.05, 0) is 41.8 Å². The molecule has 7 heteroatoms. The number of nitrogens with two attached hydrogens (primary N) is 1. The Balaban J connectivity index is 2.24. The summed E-state index contributed by atoms with van der Waals surface area (Å²) in [7, 11) is 5.05. The number of hydrogen-bond donors (Lipinski definition) is 2. The second kappa shape index (κ2) is 7.84. The van der Waals surface area contributed by atoms with Gasteiger partial charge in [0.15, 0.2) is 12.2 Å². The molecule has 0 saturated carbocycles. The molecule has 152 valence electrons. The Kier molecular flexibility index (Phi) is 5.43. The highest BCUT2D eigenvalue weighted by Gasteiger charge is 2.40. The van der Waals surface area contributed by atoms with Crippen LogP contribution in [0.15, 0.2) is 64.9 Å². The number of hydrogen-bond acceptors (Lipinski definition) is 5. The molecule has 0 saturated heterocycles. The maximum atomic E-state index is 12.8. The maximum absolute atomic E-state index is 12.8. The Bertz CT molecular complexity index is 1150. The first-order chi connectivity index (χ1) is 14.2. The minimum absolute atomic E-state index is 0.00749. The second-order valence-electron chi connectivity index (χ2n) is 7.53. The standard InChI is InChI=1S/C23H23N5O2/c1-23(20(29)19(14-27(2)3)21(30)28(4)22(25)26-23)18-10-6-9-17(12-18)16-8-5-7-15(11-16)13-24/h5-12,14H,1-4H3,(H2,25,26)/p+1. The molecule has 7 nitrogen and oxygen atoms in total. The van der Waals surface area contributed by atoms with E-state index in [4.69, 9.17) is 5.73 Å². The second-order valence-corrected chi connectivity index (χ2v) is 7.53. The first-order valence-electron chi connectivity index (χ1n) is 9.37. The quantitative estimate of drug-likeness (QED) is 0.607. The number of guanidine groups is 1. The van der Waals surface area contributed by atoms with E-state index in [9.17, 15) is 15.2 Å². The molecule has 0 bridgehead atoms. The molecule has 3 N–H and O–H groups in total. The van der Waals surface area contributed by atoms with Gasteiger partial charge in [-0.2, -0.15) is 5.26 Å². The van der Waals surface area contributed by atoms with E-state index in [0.717, 1.165) is 11.1 Å². The third kappa shape index (κ3) is 3.67. The van der Waals surface area contributed by atoms with Crippen LogP contribution in [0, 0.1) is 11.3 Å². The number of nitriles is 1. The highest BCUT2D eigenvalue weighted by atomic mass is 16.3. The Labute approximate surface area is 175 Å². The molecule has 1 aliphatic rings. The third-order valence-corrected chi connectivity index (χ3v) is 5.07. The summed E-state index contributed by atoms with van der Waals surface area (Å²) >= 11 is 0. The zero-order valence-corrected chi connectivity index (χ0v) is 17.4. The van der Waals surface area contributed by atoms with Crippen molar-refractivity contribution in [2.45, 2.75) is 12.5 Å². The molecule has 1 atom stereocenters. The van der Waals surface area contributed by atoms with Gasteiger partial charge in [0.25, 0.3) is 5.91 Å². The number of amides is 1. The predicted molar refractivity (Wildman–Crippen MR) is 116 cm³/mol. The summed E-state index contributed by atoms with van der Waals surface area (Å²) in [5, 5.41) is 20.4. The fourth-order valence-electron chi connectivity index (χ4n) is 3.35. The van der Waals surface area contributed by atoms with E-state index in [-0.39, 0.29) is 17.3 Å².